The first-order valence-corrected chi connectivity index (χ1v) is 8.27. The van der Waals surface area contributed by atoms with Crippen LogP contribution in [-0.2, 0) is 4.79 Å². The van der Waals surface area contributed by atoms with Gasteiger partial charge in [0.25, 0.3) is 0 Å². The fourth-order valence-corrected chi connectivity index (χ4v) is 2.76. The summed E-state index contributed by atoms with van der Waals surface area (Å²) in [6, 6.07) is 8.97. The van der Waals surface area contributed by atoms with E-state index in [0.29, 0.717) is 0 Å². The molecule has 1 heterocycles. The van der Waals surface area contributed by atoms with E-state index < -0.39 is 23.4 Å². The van der Waals surface area contributed by atoms with Gasteiger partial charge in [-0.15, -0.1) is 10.2 Å². The van der Waals surface area contributed by atoms with E-state index in [1.807, 2.05) is 0 Å². The molecule has 0 saturated carbocycles. The monoisotopic (exact) mass is 379 g/mol. The van der Waals surface area contributed by atoms with E-state index in [4.69, 9.17) is 5.84 Å². The highest BCUT2D eigenvalue weighted by Gasteiger charge is 2.16. The minimum Gasteiger partial charge on any atom is -0.335 e. The molecule has 0 aliphatic rings. The number of thioether (sulfide) groups is 1. The van der Waals surface area contributed by atoms with Gasteiger partial charge in [0.05, 0.1) is 11.3 Å². The lowest BCUT2D eigenvalue weighted by Gasteiger charge is -2.06. The number of anilines is 1. The van der Waals surface area contributed by atoms with Crippen molar-refractivity contribution in [3.05, 3.63) is 59.9 Å². The summed E-state index contributed by atoms with van der Waals surface area (Å²) >= 11 is 0.965. The molecule has 0 saturated heterocycles. The van der Waals surface area contributed by atoms with E-state index in [-0.39, 0.29) is 28.0 Å². The minimum absolute atomic E-state index is 0.106. The lowest BCUT2D eigenvalue weighted by atomic mass is 10.2. The van der Waals surface area contributed by atoms with Crippen molar-refractivity contribution >= 4 is 23.4 Å². The maximum Gasteiger partial charge on any atom is 0.234 e. The number of amides is 1. The summed E-state index contributed by atoms with van der Waals surface area (Å²) in [5, 5.41) is 10.3. The average molecular weight is 379 g/mol. The number of benzene rings is 2. The zero-order chi connectivity index (χ0) is 18.7. The molecule has 3 N–H and O–H groups in total. The van der Waals surface area contributed by atoms with Crippen molar-refractivity contribution in [2.75, 3.05) is 16.9 Å². The second-order valence-corrected chi connectivity index (χ2v) is 6.06. The molecule has 0 aliphatic heterocycles. The van der Waals surface area contributed by atoms with Crippen LogP contribution >= 0.6 is 11.8 Å². The Morgan fingerprint density at radius 3 is 2.58 bits per heavy atom. The van der Waals surface area contributed by atoms with Crippen LogP contribution in [0.4, 0.5) is 18.9 Å². The second-order valence-electron chi connectivity index (χ2n) is 5.12. The summed E-state index contributed by atoms with van der Waals surface area (Å²) in [6.45, 7) is 0. The highest BCUT2D eigenvalue weighted by atomic mass is 32.2. The number of nitrogens with zero attached hydrogens (tertiary/aromatic N) is 3. The summed E-state index contributed by atoms with van der Waals surface area (Å²) in [5.74, 6) is 2.83. The Balaban J connectivity index is 1.66. The van der Waals surface area contributed by atoms with Crippen LogP contribution in [0.5, 0.6) is 0 Å². The molecule has 3 rings (SSSR count). The van der Waals surface area contributed by atoms with Crippen LogP contribution in [0.3, 0.4) is 0 Å². The third-order valence-electron chi connectivity index (χ3n) is 3.32. The zero-order valence-corrected chi connectivity index (χ0v) is 13.9. The Hall–Kier alpha value is -3.01. The van der Waals surface area contributed by atoms with E-state index >= 15 is 0 Å². The summed E-state index contributed by atoms with van der Waals surface area (Å²) in [5.41, 5.74) is 0.302. The summed E-state index contributed by atoms with van der Waals surface area (Å²) in [7, 11) is 0. The molecule has 3 aromatic rings. The lowest BCUT2D eigenvalue weighted by Crippen LogP contribution is -2.16. The Bertz CT molecular complexity index is 963. The van der Waals surface area contributed by atoms with E-state index in [1.54, 1.807) is 6.07 Å². The molecule has 134 valence electrons. The predicted molar refractivity (Wildman–Crippen MR) is 91.3 cm³/mol. The number of nitrogens with one attached hydrogen (secondary N) is 1. The van der Waals surface area contributed by atoms with E-state index in [0.717, 1.165) is 28.6 Å². The number of aromatic nitrogens is 3. The number of rotatable bonds is 5. The maximum atomic E-state index is 13.8. The molecule has 6 nitrogen and oxygen atoms in total. The summed E-state index contributed by atoms with van der Waals surface area (Å²) in [4.78, 5) is 11.9. The summed E-state index contributed by atoms with van der Waals surface area (Å²) < 4.78 is 40.9. The molecular formula is C16H12F3N5OS. The molecule has 10 heteroatoms. The first-order valence-electron chi connectivity index (χ1n) is 7.29. The number of carbonyl (C=O) groups excluding carboxylic acids is 1. The molecule has 0 bridgehead atoms. The predicted octanol–water partition coefficient (Wildman–Crippen LogP) is 2.81. The topological polar surface area (TPSA) is 85.8 Å². The van der Waals surface area contributed by atoms with Gasteiger partial charge in [-0.25, -0.2) is 17.8 Å². The quantitative estimate of drug-likeness (QED) is 0.526. The van der Waals surface area contributed by atoms with E-state index in [1.165, 1.54) is 24.3 Å². The number of nitrogens with two attached hydrogens (primary N) is 1. The first kappa shape index (κ1) is 17.8. The number of carbonyl (C=O) groups is 1. The molecule has 1 amide bonds. The molecule has 2 aromatic carbocycles. The van der Waals surface area contributed by atoms with Crippen LogP contribution < -0.4 is 11.2 Å². The third kappa shape index (κ3) is 3.80. The maximum absolute atomic E-state index is 13.8. The normalized spacial score (nSPS) is 10.7. The van der Waals surface area contributed by atoms with Gasteiger partial charge in [-0.2, -0.15) is 0 Å². The Morgan fingerprint density at radius 1 is 1.08 bits per heavy atom. The van der Waals surface area contributed by atoms with Crippen molar-refractivity contribution in [1.82, 2.24) is 14.9 Å². The van der Waals surface area contributed by atoms with Crippen LogP contribution in [0.1, 0.15) is 0 Å². The van der Waals surface area contributed by atoms with Crippen LogP contribution in [0, 0.1) is 17.5 Å². The van der Waals surface area contributed by atoms with Gasteiger partial charge in [0.2, 0.25) is 11.1 Å². The molecule has 0 spiro atoms. The smallest absolute Gasteiger partial charge is 0.234 e. The minimum atomic E-state index is -1.06. The number of hydrogen-bond donors (Lipinski definition) is 2. The van der Waals surface area contributed by atoms with Gasteiger partial charge in [-0.05, 0) is 24.3 Å². The van der Waals surface area contributed by atoms with Gasteiger partial charge in [0.1, 0.15) is 5.82 Å². The number of nitrogen functional groups attached to an aromatic ring is 1. The molecule has 0 radical (unpaired) electrons. The van der Waals surface area contributed by atoms with Crippen molar-refractivity contribution in [2.24, 2.45) is 0 Å². The highest BCUT2D eigenvalue weighted by molar-refractivity contribution is 7.99. The molecular weight excluding hydrogens is 367 g/mol. The standard InChI is InChI=1S/C16H12F3N5OS/c17-11-4-2-1-3-10(11)15-22-23-16(24(15)20)26-8-14(25)21-9-5-6-12(18)13(19)7-9/h1-7H,8,20H2,(H,21,25). The third-order valence-corrected chi connectivity index (χ3v) is 4.26. The van der Waals surface area contributed by atoms with Crippen LogP contribution in [0.15, 0.2) is 47.6 Å². The van der Waals surface area contributed by atoms with Gasteiger partial charge in [-0.3, -0.25) is 4.79 Å². The Kier molecular flexibility index (Phi) is 5.12. The fraction of sp³-hybridized carbons (Fsp3) is 0.0625. The highest BCUT2D eigenvalue weighted by Crippen LogP contribution is 2.23. The van der Waals surface area contributed by atoms with E-state index in [9.17, 15) is 18.0 Å². The summed E-state index contributed by atoms with van der Waals surface area (Å²) in [6.07, 6.45) is 0. The van der Waals surface area contributed by atoms with Crippen molar-refractivity contribution in [1.29, 1.82) is 0 Å². The average Bonchev–Trinajstić information content (AvgIpc) is 2.97. The van der Waals surface area contributed by atoms with Gasteiger partial charge < -0.3 is 11.2 Å². The van der Waals surface area contributed by atoms with Crippen molar-refractivity contribution in [3.63, 3.8) is 0 Å². The first-order chi connectivity index (χ1) is 12.5. The van der Waals surface area contributed by atoms with Crippen LogP contribution in [0.25, 0.3) is 11.4 Å². The van der Waals surface area contributed by atoms with Gasteiger partial charge in [0.15, 0.2) is 17.5 Å². The number of halogens is 3. The van der Waals surface area contributed by atoms with Crippen molar-refractivity contribution in [3.8, 4) is 11.4 Å². The van der Waals surface area contributed by atoms with Gasteiger partial charge in [-0.1, -0.05) is 23.9 Å². The van der Waals surface area contributed by atoms with Crippen LogP contribution in [-0.4, -0.2) is 26.5 Å². The van der Waals surface area contributed by atoms with Crippen LogP contribution in [0.2, 0.25) is 0 Å². The Labute approximate surface area is 150 Å². The molecule has 0 unspecified atom stereocenters. The second kappa shape index (κ2) is 7.48. The molecule has 1 aromatic heterocycles. The molecule has 0 fully saturated rings. The van der Waals surface area contributed by atoms with Gasteiger partial charge >= 0.3 is 0 Å². The zero-order valence-electron chi connectivity index (χ0n) is 13.1. The lowest BCUT2D eigenvalue weighted by molar-refractivity contribution is -0.113. The van der Waals surface area contributed by atoms with Gasteiger partial charge in [0, 0.05) is 11.8 Å². The largest absolute Gasteiger partial charge is 0.335 e. The SMILES string of the molecule is Nn1c(SCC(=O)Nc2ccc(F)c(F)c2)nnc1-c1ccccc1F. The number of hydrogen-bond acceptors (Lipinski definition) is 5. The molecule has 0 atom stereocenters. The molecule has 26 heavy (non-hydrogen) atoms. The van der Waals surface area contributed by atoms with Crippen molar-refractivity contribution < 1.29 is 18.0 Å². The van der Waals surface area contributed by atoms with Crippen molar-refractivity contribution in [2.45, 2.75) is 5.16 Å². The molecule has 0 aliphatic carbocycles. The Morgan fingerprint density at radius 2 is 1.85 bits per heavy atom. The van der Waals surface area contributed by atoms with E-state index in [2.05, 4.69) is 15.5 Å². The fourth-order valence-electron chi connectivity index (χ4n) is 2.10.